The largest absolute Gasteiger partial charge is 4.00 e. The molecule has 0 aliphatic heterocycles. The molecule has 8 nitrogen and oxygen atoms in total. The van der Waals surface area contributed by atoms with Gasteiger partial charge >= 0.3 is 25.8 Å². The normalized spacial score (nSPS) is 11.0. The summed E-state index contributed by atoms with van der Waals surface area (Å²) in [4.78, 5) is 47.0. The minimum atomic E-state index is -0.264. The second-order valence-electron chi connectivity index (χ2n) is 14.4. The zero-order chi connectivity index (χ0) is 48.4. The number of hydrogen-bond donors (Lipinski definition) is 0. The van der Waals surface area contributed by atoms with E-state index < -0.39 is 0 Å². The molecule has 8 rings (SSSR count). The number of rotatable bonds is 12. The van der Waals surface area contributed by atoms with Crippen LogP contribution in [0.5, 0.6) is 0 Å². The topological polar surface area (TPSA) is 161 Å². The number of carbonyl (C=O) groups excluding carboxylic acids is 4. The molecular formula is C60H44HfO8. The quantitative estimate of drug-likeness (QED) is 0.0507. The summed E-state index contributed by atoms with van der Waals surface area (Å²) in [6, 6.07) is 70.0. The maximum absolute atomic E-state index is 11.8. The first kappa shape index (κ1) is 53.1. The van der Waals surface area contributed by atoms with Crippen molar-refractivity contribution in [1.82, 2.24) is 0 Å². The van der Waals surface area contributed by atoms with Crippen molar-refractivity contribution in [3.05, 3.63) is 311 Å². The van der Waals surface area contributed by atoms with Crippen LogP contribution >= 0.6 is 0 Å². The molecule has 0 radical (unpaired) electrons. The second-order valence-corrected chi connectivity index (χ2v) is 14.4. The predicted molar refractivity (Wildman–Crippen MR) is 261 cm³/mol. The van der Waals surface area contributed by atoms with Crippen LogP contribution in [-0.2, 0) is 25.8 Å². The number of ketones is 4. The Labute approximate surface area is 420 Å². The van der Waals surface area contributed by atoms with Crippen molar-refractivity contribution in [3.8, 4) is 0 Å². The van der Waals surface area contributed by atoms with Gasteiger partial charge in [0, 0.05) is 22.3 Å². The average molecular weight is 1070 g/mol. The van der Waals surface area contributed by atoms with E-state index in [4.69, 9.17) is 0 Å². The molecule has 0 aliphatic carbocycles. The van der Waals surface area contributed by atoms with Crippen LogP contribution in [0.15, 0.2) is 267 Å². The van der Waals surface area contributed by atoms with Crippen LogP contribution in [0, 0.1) is 0 Å². The molecule has 0 heterocycles. The number of benzene rings is 8. The molecule has 0 aromatic heterocycles. The van der Waals surface area contributed by atoms with Crippen LogP contribution in [0.1, 0.15) is 63.7 Å². The van der Waals surface area contributed by atoms with Crippen molar-refractivity contribution in [3.63, 3.8) is 0 Å². The molecule has 336 valence electrons. The first-order valence-electron chi connectivity index (χ1n) is 21.2. The molecule has 69 heavy (non-hydrogen) atoms. The summed E-state index contributed by atoms with van der Waals surface area (Å²) in [6.45, 7) is 0. The van der Waals surface area contributed by atoms with Gasteiger partial charge in [-0.3, -0.25) is 19.2 Å². The minimum Gasteiger partial charge on any atom is -0.872 e. The molecule has 0 saturated heterocycles. The molecule has 0 amide bonds. The van der Waals surface area contributed by atoms with Crippen LogP contribution < -0.4 is 20.4 Å². The van der Waals surface area contributed by atoms with Gasteiger partial charge in [0.2, 0.25) is 0 Å². The fourth-order valence-corrected chi connectivity index (χ4v) is 5.96. The van der Waals surface area contributed by atoms with Gasteiger partial charge in [0.1, 0.15) is 0 Å². The minimum absolute atomic E-state index is 0. The Kier molecular flexibility index (Phi) is 22.5. The Morgan fingerprint density at radius 1 is 0.217 bits per heavy atom. The Balaban J connectivity index is 0.000000199. The van der Waals surface area contributed by atoms with Crippen molar-refractivity contribution in [1.29, 1.82) is 0 Å². The van der Waals surface area contributed by atoms with E-state index in [0.717, 1.165) is 24.3 Å². The van der Waals surface area contributed by atoms with Gasteiger partial charge in [-0.1, -0.05) is 266 Å². The van der Waals surface area contributed by atoms with E-state index in [-0.39, 0.29) is 72.0 Å². The molecular weight excluding hydrogens is 1030 g/mol. The predicted octanol–water partition coefficient (Wildman–Crippen LogP) is 9.08. The summed E-state index contributed by atoms with van der Waals surface area (Å²) in [5.74, 6) is -2.12. The summed E-state index contributed by atoms with van der Waals surface area (Å²) in [7, 11) is 0. The number of hydrogen-bond acceptors (Lipinski definition) is 8. The zero-order valence-corrected chi connectivity index (χ0v) is 40.8. The maximum atomic E-state index is 11.8. The molecule has 0 aliphatic rings. The van der Waals surface area contributed by atoms with Gasteiger partial charge in [-0.05, 0) is 46.6 Å². The molecule has 0 fully saturated rings. The molecule has 0 unspecified atom stereocenters. The third kappa shape index (κ3) is 18.3. The zero-order valence-electron chi connectivity index (χ0n) is 37.2. The standard InChI is InChI=1S/4C15H12O2.Hf/c4*16-14(12-7-3-1-4-8-12)11-15(17)13-9-5-2-6-10-13;/h4*1-11,16H;/q;;;;+4/p-4/b4*14-11-;. The summed E-state index contributed by atoms with van der Waals surface area (Å²) in [6.07, 6.45) is 4.52. The van der Waals surface area contributed by atoms with Gasteiger partial charge in [0.15, 0.2) is 23.1 Å². The van der Waals surface area contributed by atoms with Crippen molar-refractivity contribution < 1.29 is 65.4 Å². The van der Waals surface area contributed by atoms with Crippen LogP contribution in [0.25, 0.3) is 23.0 Å². The van der Waals surface area contributed by atoms with Crippen LogP contribution in [0.2, 0.25) is 0 Å². The number of allylic oxidation sites excluding steroid dienone is 4. The van der Waals surface area contributed by atoms with Gasteiger partial charge in [0.25, 0.3) is 0 Å². The molecule has 8 aromatic carbocycles. The van der Waals surface area contributed by atoms with Crippen molar-refractivity contribution in [2.75, 3.05) is 0 Å². The number of carbonyl (C=O) groups is 4. The third-order valence-corrected chi connectivity index (χ3v) is 9.52. The van der Waals surface area contributed by atoms with E-state index in [1.54, 1.807) is 194 Å². The van der Waals surface area contributed by atoms with Crippen molar-refractivity contribution >= 4 is 46.2 Å². The van der Waals surface area contributed by atoms with Crippen molar-refractivity contribution in [2.24, 2.45) is 0 Å². The fraction of sp³-hybridized carbons (Fsp3) is 0. The second kappa shape index (κ2) is 29.2. The Morgan fingerprint density at radius 2 is 0.333 bits per heavy atom. The molecule has 8 aromatic rings. The Morgan fingerprint density at radius 3 is 0.464 bits per heavy atom. The molecule has 9 heteroatoms. The molecule has 0 N–H and O–H groups in total. The van der Waals surface area contributed by atoms with Gasteiger partial charge in [-0.15, -0.1) is 0 Å². The van der Waals surface area contributed by atoms with Crippen LogP contribution in [0.3, 0.4) is 0 Å². The summed E-state index contributed by atoms with van der Waals surface area (Å²) >= 11 is 0. The Hall–Kier alpha value is -8.53. The van der Waals surface area contributed by atoms with E-state index >= 15 is 0 Å². The molecule has 0 saturated carbocycles. The van der Waals surface area contributed by atoms with Gasteiger partial charge in [-0.25, -0.2) is 0 Å². The first-order chi connectivity index (χ1) is 33.1. The summed E-state index contributed by atoms with van der Waals surface area (Å²) < 4.78 is 0. The Bertz CT molecular complexity index is 2530. The smallest absolute Gasteiger partial charge is 0.872 e. The van der Waals surface area contributed by atoms with Gasteiger partial charge in [0.05, 0.1) is 0 Å². The summed E-state index contributed by atoms with van der Waals surface area (Å²) in [5.41, 5.74) is 4.20. The molecule has 0 bridgehead atoms. The van der Waals surface area contributed by atoms with Gasteiger partial charge < -0.3 is 20.4 Å². The van der Waals surface area contributed by atoms with Crippen LogP contribution in [0.4, 0.5) is 0 Å². The fourth-order valence-electron chi connectivity index (χ4n) is 5.96. The monoisotopic (exact) mass is 1070 g/mol. The van der Waals surface area contributed by atoms with E-state index in [1.165, 1.54) is 0 Å². The van der Waals surface area contributed by atoms with E-state index in [1.807, 2.05) is 48.5 Å². The van der Waals surface area contributed by atoms with E-state index in [0.29, 0.717) is 44.5 Å². The average Bonchev–Trinajstić information content (AvgIpc) is 3.41. The maximum Gasteiger partial charge on any atom is 4.00 e. The molecule has 0 spiro atoms. The van der Waals surface area contributed by atoms with Gasteiger partial charge in [-0.2, -0.15) is 0 Å². The SMILES string of the molecule is O=C(/C=C(\[O-])c1ccccc1)c1ccccc1.O=C(/C=C(\[O-])c1ccccc1)c1ccccc1.O=C(/C=C(\[O-])c1ccccc1)c1ccccc1.O=C(/C=C(\[O-])c1ccccc1)c1ccccc1.[Hf+4]. The van der Waals surface area contributed by atoms with Crippen LogP contribution in [-0.4, -0.2) is 23.1 Å². The molecule has 0 atom stereocenters. The van der Waals surface area contributed by atoms with E-state index in [2.05, 4.69) is 0 Å². The first-order valence-corrected chi connectivity index (χ1v) is 21.2. The third-order valence-electron chi connectivity index (χ3n) is 9.52. The van der Waals surface area contributed by atoms with Crippen molar-refractivity contribution in [2.45, 2.75) is 0 Å². The summed E-state index contributed by atoms with van der Waals surface area (Å²) in [5, 5.41) is 47.0. The van der Waals surface area contributed by atoms with E-state index in [9.17, 15) is 39.6 Å².